The first-order valence-corrected chi connectivity index (χ1v) is 10.2. The van der Waals surface area contributed by atoms with Gasteiger partial charge in [0.05, 0.1) is 12.6 Å². The van der Waals surface area contributed by atoms with Gasteiger partial charge >= 0.3 is 0 Å². The molecule has 1 aliphatic heterocycles. The number of ether oxygens (including phenoxy) is 1. The van der Waals surface area contributed by atoms with Crippen molar-refractivity contribution >= 4 is 34.6 Å². The zero-order valence-electron chi connectivity index (χ0n) is 15.6. The van der Waals surface area contributed by atoms with Crippen LogP contribution in [-0.2, 0) is 6.54 Å². The Morgan fingerprint density at radius 2 is 1.96 bits per heavy atom. The number of benzene rings is 2. The zero-order chi connectivity index (χ0) is 19.5. The maximum atomic E-state index is 6.12. The Balaban J connectivity index is 1.64. The van der Waals surface area contributed by atoms with E-state index in [2.05, 4.69) is 45.2 Å². The predicted octanol–water partition coefficient (Wildman–Crippen LogP) is 5.34. The van der Waals surface area contributed by atoms with E-state index >= 15 is 0 Å². The average molecular weight is 412 g/mol. The van der Waals surface area contributed by atoms with Crippen LogP contribution in [0.5, 0.6) is 5.75 Å². The summed E-state index contributed by atoms with van der Waals surface area (Å²) >= 11 is 11.9. The fourth-order valence-corrected chi connectivity index (χ4v) is 4.13. The van der Waals surface area contributed by atoms with Gasteiger partial charge in [-0.1, -0.05) is 29.8 Å². The lowest BCUT2D eigenvalue weighted by atomic mass is 10.00. The number of nitrogens with one attached hydrogen (secondary N) is 1. The summed E-state index contributed by atoms with van der Waals surface area (Å²) in [5, 5.41) is 4.72. The summed E-state index contributed by atoms with van der Waals surface area (Å²) in [5.41, 5.74) is 3.30. The van der Waals surface area contributed by atoms with E-state index in [-0.39, 0.29) is 6.04 Å². The first-order valence-electron chi connectivity index (χ1n) is 9.36. The highest BCUT2D eigenvalue weighted by molar-refractivity contribution is 7.80. The molecule has 1 atom stereocenters. The number of thiocarbonyl (C=S) groups is 1. The van der Waals surface area contributed by atoms with Crippen LogP contribution >= 0.6 is 23.8 Å². The van der Waals surface area contributed by atoms with Gasteiger partial charge in [-0.2, -0.15) is 0 Å². The van der Waals surface area contributed by atoms with Crippen LogP contribution < -0.4 is 10.1 Å². The number of halogens is 1. The molecule has 144 valence electrons. The van der Waals surface area contributed by atoms with E-state index in [1.165, 1.54) is 11.3 Å². The third-order valence-electron chi connectivity index (χ3n) is 4.88. The molecule has 2 heterocycles. The Labute approximate surface area is 175 Å². The van der Waals surface area contributed by atoms with Crippen molar-refractivity contribution in [3.63, 3.8) is 0 Å². The Morgan fingerprint density at radius 3 is 2.71 bits per heavy atom. The monoisotopic (exact) mass is 411 g/mol. The largest absolute Gasteiger partial charge is 0.494 e. The first kappa shape index (κ1) is 18.8. The van der Waals surface area contributed by atoms with Gasteiger partial charge in [0, 0.05) is 35.7 Å². The topological polar surface area (TPSA) is 29.4 Å². The van der Waals surface area contributed by atoms with Gasteiger partial charge in [0.1, 0.15) is 5.75 Å². The number of nitrogens with zero attached hydrogens (tertiary/aromatic N) is 2. The predicted molar refractivity (Wildman–Crippen MR) is 118 cm³/mol. The second-order valence-electron chi connectivity index (χ2n) is 6.66. The highest BCUT2D eigenvalue weighted by Crippen LogP contribution is 2.34. The summed E-state index contributed by atoms with van der Waals surface area (Å²) in [6.45, 7) is 4.37. The summed E-state index contributed by atoms with van der Waals surface area (Å²) in [4.78, 5) is 2.24. The van der Waals surface area contributed by atoms with Crippen LogP contribution in [0.25, 0.3) is 0 Å². The van der Waals surface area contributed by atoms with Crippen LogP contribution in [0.1, 0.15) is 24.2 Å². The summed E-state index contributed by atoms with van der Waals surface area (Å²) in [5.74, 6) is 0.878. The van der Waals surface area contributed by atoms with Crippen LogP contribution in [0, 0.1) is 0 Å². The standard InChI is InChI=1S/C22H22ClN3OS/c1-2-27-19-10-8-16(9-11-19)21-20-7-4-12-25(20)13-14-26(21)22(28)24-18-6-3-5-17(23)15-18/h3-12,15,21H,2,13-14H2,1H3,(H,24,28)/t21-/m1/s1. The normalized spacial score (nSPS) is 15.8. The lowest BCUT2D eigenvalue weighted by Crippen LogP contribution is -2.44. The van der Waals surface area contributed by atoms with Crippen LogP contribution in [0.4, 0.5) is 5.69 Å². The number of fused-ring (bicyclic) bond motifs is 1. The first-order chi connectivity index (χ1) is 13.7. The molecule has 0 aliphatic carbocycles. The van der Waals surface area contributed by atoms with Gasteiger partial charge in [-0.15, -0.1) is 0 Å². The van der Waals surface area contributed by atoms with Crippen LogP contribution in [0.15, 0.2) is 66.9 Å². The quantitative estimate of drug-likeness (QED) is 0.586. The van der Waals surface area contributed by atoms with Crippen LogP contribution in [0.2, 0.25) is 5.02 Å². The molecule has 0 bridgehead atoms. The number of rotatable bonds is 4. The Bertz CT molecular complexity index is 970. The number of aromatic nitrogens is 1. The number of hydrogen-bond acceptors (Lipinski definition) is 2. The van der Waals surface area contributed by atoms with E-state index < -0.39 is 0 Å². The Kier molecular flexibility index (Phi) is 5.55. The third-order valence-corrected chi connectivity index (χ3v) is 5.45. The summed E-state index contributed by atoms with van der Waals surface area (Å²) < 4.78 is 7.89. The molecule has 0 radical (unpaired) electrons. The zero-order valence-corrected chi connectivity index (χ0v) is 17.2. The molecule has 0 amide bonds. The van der Waals surface area contributed by atoms with Gasteiger partial charge in [0.25, 0.3) is 0 Å². The molecule has 28 heavy (non-hydrogen) atoms. The van der Waals surface area contributed by atoms with Gasteiger partial charge in [-0.25, -0.2) is 0 Å². The number of anilines is 1. The van der Waals surface area contributed by atoms with E-state index in [0.29, 0.717) is 16.7 Å². The molecule has 3 aromatic rings. The van der Waals surface area contributed by atoms with Gasteiger partial charge < -0.3 is 19.5 Å². The Hall–Kier alpha value is -2.50. The minimum Gasteiger partial charge on any atom is -0.494 e. The van der Waals surface area contributed by atoms with Crippen molar-refractivity contribution < 1.29 is 4.74 Å². The van der Waals surface area contributed by atoms with E-state index in [1.807, 2.05) is 43.3 Å². The summed E-state index contributed by atoms with van der Waals surface area (Å²) in [6, 6.07) is 20.2. The van der Waals surface area contributed by atoms with Gasteiger partial charge in [0.2, 0.25) is 0 Å². The van der Waals surface area contributed by atoms with E-state index in [0.717, 1.165) is 24.5 Å². The van der Waals surface area contributed by atoms with Gasteiger partial charge in [-0.3, -0.25) is 0 Å². The number of hydrogen-bond donors (Lipinski definition) is 1. The highest BCUT2D eigenvalue weighted by atomic mass is 35.5. The lowest BCUT2D eigenvalue weighted by molar-refractivity contribution is 0.293. The molecular formula is C22H22ClN3OS. The molecule has 1 aromatic heterocycles. The molecule has 4 rings (SSSR count). The van der Waals surface area contributed by atoms with Crippen molar-refractivity contribution in [3.05, 3.63) is 83.1 Å². The molecule has 6 heteroatoms. The molecule has 1 N–H and O–H groups in total. The smallest absolute Gasteiger partial charge is 0.174 e. The third kappa shape index (κ3) is 3.86. The van der Waals surface area contributed by atoms with E-state index in [1.54, 1.807) is 0 Å². The molecule has 4 nitrogen and oxygen atoms in total. The fraction of sp³-hybridized carbons (Fsp3) is 0.227. The molecule has 0 spiro atoms. The van der Waals surface area contributed by atoms with Gasteiger partial charge in [0.15, 0.2) is 5.11 Å². The lowest BCUT2D eigenvalue weighted by Gasteiger charge is -2.39. The van der Waals surface area contributed by atoms with Crippen LogP contribution in [0.3, 0.4) is 0 Å². The molecule has 0 fully saturated rings. The molecule has 0 saturated carbocycles. The molecule has 0 unspecified atom stereocenters. The van der Waals surface area contributed by atoms with Crippen molar-refractivity contribution in [3.8, 4) is 5.75 Å². The highest BCUT2D eigenvalue weighted by Gasteiger charge is 2.30. The minimum absolute atomic E-state index is 0.0404. The maximum absolute atomic E-state index is 6.12. The van der Waals surface area contributed by atoms with Crippen molar-refractivity contribution in [2.75, 3.05) is 18.5 Å². The summed E-state index contributed by atoms with van der Waals surface area (Å²) in [6.07, 6.45) is 2.13. The van der Waals surface area contributed by atoms with E-state index in [4.69, 9.17) is 28.6 Å². The minimum atomic E-state index is 0.0404. The van der Waals surface area contributed by atoms with E-state index in [9.17, 15) is 0 Å². The maximum Gasteiger partial charge on any atom is 0.174 e. The van der Waals surface area contributed by atoms with Crippen molar-refractivity contribution in [2.45, 2.75) is 19.5 Å². The fourth-order valence-electron chi connectivity index (χ4n) is 3.63. The summed E-state index contributed by atoms with van der Waals surface area (Å²) in [7, 11) is 0. The Morgan fingerprint density at radius 1 is 1.14 bits per heavy atom. The van der Waals surface area contributed by atoms with Crippen molar-refractivity contribution in [2.24, 2.45) is 0 Å². The molecule has 1 aliphatic rings. The second-order valence-corrected chi connectivity index (χ2v) is 7.49. The SMILES string of the molecule is CCOc1ccc([C@@H]2c3cccn3CCN2C(=S)Nc2cccc(Cl)c2)cc1. The van der Waals surface area contributed by atoms with Crippen LogP contribution in [-0.4, -0.2) is 27.7 Å². The second kappa shape index (κ2) is 8.25. The molecule has 2 aromatic carbocycles. The van der Waals surface area contributed by atoms with Gasteiger partial charge in [-0.05, 0) is 67.2 Å². The average Bonchev–Trinajstić information content (AvgIpc) is 3.17. The van der Waals surface area contributed by atoms with Crippen molar-refractivity contribution in [1.82, 2.24) is 9.47 Å². The molecule has 0 saturated heterocycles. The molecular weight excluding hydrogens is 390 g/mol. The van der Waals surface area contributed by atoms with Crippen molar-refractivity contribution in [1.29, 1.82) is 0 Å².